The number of ether oxygens (including phenoxy) is 4. The highest BCUT2D eigenvalue weighted by atomic mass is 16.6. The molecule has 5 unspecified atom stereocenters. The molecule has 0 spiro atoms. The highest BCUT2D eigenvalue weighted by molar-refractivity contribution is 4.92. The van der Waals surface area contributed by atoms with E-state index in [0.29, 0.717) is 30.5 Å². The van der Waals surface area contributed by atoms with Crippen molar-refractivity contribution in [3.63, 3.8) is 0 Å². The lowest BCUT2D eigenvalue weighted by atomic mass is 9.82. The molecule has 6 nitrogen and oxygen atoms in total. The van der Waals surface area contributed by atoms with Crippen LogP contribution in [0.4, 0.5) is 0 Å². The molecule has 5 fully saturated rings. The molecular formula is C20H34N2O4. The van der Waals surface area contributed by atoms with E-state index in [0.717, 1.165) is 65.1 Å². The third kappa shape index (κ3) is 5.40. The van der Waals surface area contributed by atoms with Gasteiger partial charge in [-0.3, -0.25) is 9.80 Å². The molecule has 5 rings (SSSR count). The van der Waals surface area contributed by atoms with Crippen LogP contribution >= 0.6 is 0 Å². The zero-order valence-corrected chi connectivity index (χ0v) is 15.9. The average Bonchev–Trinajstić information content (AvgIpc) is 3.46. The summed E-state index contributed by atoms with van der Waals surface area (Å²) in [7, 11) is 0. The smallest absolute Gasteiger partial charge is 0.0936 e. The summed E-state index contributed by atoms with van der Waals surface area (Å²) >= 11 is 0. The minimum atomic E-state index is 0.451. The van der Waals surface area contributed by atoms with Crippen LogP contribution < -0.4 is 0 Å². The van der Waals surface area contributed by atoms with Gasteiger partial charge < -0.3 is 18.9 Å². The van der Waals surface area contributed by atoms with Crippen LogP contribution in [0.1, 0.15) is 32.1 Å². The molecule has 0 aromatic rings. The molecule has 4 aliphatic heterocycles. The molecule has 1 aliphatic carbocycles. The van der Waals surface area contributed by atoms with Crippen LogP contribution in [-0.2, 0) is 18.9 Å². The summed E-state index contributed by atoms with van der Waals surface area (Å²) < 4.78 is 22.3. The predicted octanol–water partition coefficient (Wildman–Crippen LogP) is 1.13. The molecule has 5 atom stereocenters. The molecule has 0 radical (unpaired) electrons. The minimum absolute atomic E-state index is 0.451. The fourth-order valence-electron chi connectivity index (χ4n) is 4.71. The van der Waals surface area contributed by atoms with Gasteiger partial charge in [0.05, 0.1) is 50.8 Å². The molecule has 5 aliphatic rings. The van der Waals surface area contributed by atoms with Gasteiger partial charge in [0.1, 0.15) is 0 Å². The Morgan fingerprint density at radius 3 is 1.58 bits per heavy atom. The standard InChI is InChI=1S/C20H34N2O4/c1-2-4-15(5-3-1)20(22(8-18-13-25-18)9-19-14-26-19)10-21(6-16-11-23-16)7-17-12-24-17/h15-20H,1-14H2. The number of rotatable bonds is 12. The first-order valence-electron chi connectivity index (χ1n) is 10.8. The van der Waals surface area contributed by atoms with Crippen molar-refractivity contribution in [1.29, 1.82) is 0 Å². The molecule has 0 aromatic heterocycles. The van der Waals surface area contributed by atoms with Crippen LogP contribution in [0.2, 0.25) is 0 Å². The van der Waals surface area contributed by atoms with Crippen molar-refractivity contribution in [1.82, 2.24) is 9.80 Å². The van der Waals surface area contributed by atoms with Gasteiger partial charge in [0.2, 0.25) is 0 Å². The predicted molar refractivity (Wildman–Crippen MR) is 97.3 cm³/mol. The zero-order valence-electron chi connectivity index (χ0n) is 15.9. The number of epoxide rings is 4. The molecule has 0 bridgehead atoms. The third-order valence-corrected chi connectivity index (χ3v) is 6.52. The lowest BCUT2D eigenvalue weighted by Crippen LogP contribution is -2.52. The van der Waals surface area contributed by atoms with Gasteiger partial charge in [-0.2, -0.15) is 0 Å². The SMILES string of the molecule is C1CCC(C(CN(CC2CO2)CC2CO2)N(CC2CO2)CC2CO2)CC1. The van der Waals surface area contributed by atoms with Gasteiger partial charge in [0.25, 0.3) is 0 Å². The fourth-order valence-corrected chi connectivity index (χ4v) is 4.71. The Hall–Kier alpha value is -0.240. The second-order valence-electron chi connectivity index (χ2n) is 8.96. The van der Waals surface area contributed by atoms with E-state index in [1.807, 2.05) is 0 Å². The number of hydrogen-bond acceptors (Lipinski definition) is 6. The van der Waals surface area contributed by atoms with E-state index in [1.165, 1.54) is 32.1 Å². The first-order valence-corrected chi connectivity index (χ1v) is 10.8. The molecule has 0 aromatic carbocycles. The summed E-state index contributed by atoms with van der Waals surface area (Å²) in [5.74, 6) is 0.809. The second-order valence-corrected chi connectivity index (χ2v) is 8.96. The molecular weight excluding hydrogens is 332 g/mol. The zero-order chi connectivity index (χ0) is 17.3. The summed E-state index contributed by atoms with van der Waals surface area (Å²) in [6, 6.07) is 0.612. The van der Waals surface area contributed by atoms with Crippen LogP contribution in [0, 0.1) is 5.92 Å². The Morgan fingerprint density at radius 1 is 0.654 bits per heavy atom. The van der Waals surface area contributed by atoms with Crippen LogP contribution in [0.5, 0.6) is 0 Å². The summed E-state index contributed by atoms with van der Waals surface area (Å²) in [5.41, 5.74) is 0. The fraction of sp³-hybridized carbons (Fsp3) is 1.00. The van der Waals surface area contributed by atoms with Crippen molar-refractivity contribution in [3.8, 4) is 0 Å². The highest BCUT2D eigenvalue weighted by Crippen LogP contribution is 2.32. The first kappa shape index (κ1) is 17.8. The maximum absolute atomic E-state index is 5.60. The Labute approximate surface area is 157 Å². The van der Waals surface area contributed by atoms with Crippen molar-refractivity contribution >= 4 is 0 Å². The highest BCUT2D eigenvalue weighted by Gasteiger charge is 2.39. The summed E-state index contributed by atoms with van der Waals surface area (Å²) in [6.07, 6.45) is 8.77. The van der Waals surface area contributed by atoms with Gasteiger partial charge in [0.15, 0.2) is 0 Å². The van der Waals surface area contributed by atoms with Crippen molar-refractivity contribution in [2.75, 3.05) is 59.2 Å². The second kappa shape index (κ2) is 8.02. The van der Waals surface area contributed by atoms with Gasteiger partial charge in [0, 0.05) is 38.8 Å². The molecule has 6 heteroatoms. The number of hydrogen-bond donors (Lipinski definition) is 0. The Balaban J connectivity index is 1.28. The Kier molecular flexibility index (Phi) is 5.50. The van der Waals surface area contributed by atoms with Gasteiger partial charge in [-0.15, -0.1) is 0 Å². The van der Waals surface area contributed by atoms with Gasteiger partial charge in [-0.1, -0.05) is 19.3 Å². The number of nitrogens with zero attached hydrogens (tertiary/aromatic N) is 2. The van der Waals surface area contributed by atoms with E-state index in [2.05, 4.69) is 9.80 Å². The van der Waals surface area contributed by atoms with E-state index in [9.17, 15) is 0 Å². The summed E-state index contributed by atoms with van der Waals surface area (Å²) in [5, 5.41) is 0. The maximum atomic E-state index is 5.60. The topological polar surface area (TPSA) is 56.6 Å². The van der Waals surface area contributed by atoms with E-state index in [-0.39, 0.29) is 0 Å². The Morgan fingerprint density at radius 2 is 1.12 bits per heavy atom. The summed E-state index contributed by atoms with van der Waals surface area (Å²) in [4.78, 5) is 5.35. The van der Waals surface area contributed by atoms with Gasteiger partial charge >= 0.3 is 0 Å². The van der Waals surface area contributed by atoms with E-state index in [1.54, 1.807) is 0 Å². The lowest BCUT2D eigenvalue weighted by Gasteiger charge is -2.41. The molecule has 26 heavy (non-hydrogen) atoms. The molecule has 148 valence electrons. The molecule has 0 amide bonds. The van der Waals surface area contributed by atoms with E-state index >= 15 is 0 Å². The maximum Gasteiger partial charge on any atom is 0.0936 e. The van der Waals surface area contributed by atoms with Crippen molar-refractivity contribution in [2.24, 2.45) is 5.92 Å². The van der Waals surface area contributed by atoms with Crippen LogP contribution in [-0.4, -0.2) is 99.4 Å². The summed E-state index contributed by atoms with van der Waals surface area (Å²) in [6.45, 7) is 9.18. The quantitative estimate of drug-likeness (QED) is 0.483. The molecule has 0 N–H and O–H groups in total. The normalized spacial score (nSPS) is 37.2. The monoisotopic (exact) mass is 366 g/mol. The van der Waals surface area contributed by atoms with Gasteiger partial charge in [-0.25, -0.2) is 0 Å². The van der Waals surface area contributed by atoms with Crippen LogP contribution in [0.3, 0.4) is 0 Å². The van der Waals surface area contributed by atoms with Crippen molar-refractivity contribution < 1.29 is 18.9 Å². The average molecular weight is 367 g/mol. The van der Waals surface area contributed by atoms with Crippen molar-refractivity contribution in [3.05, 3.63) is 0 Å². The lowest BCUT2D eigenvalue weighted by molar-refractivity contribution is 0.0625. The van der Waals surface area contributed by atoms with Crippen LogP contribution in [0.15, 0.2) is 0 Å². The molecule has 4 saturated heterocycles. The molecule has 4 heterocycles. The minimum Gasteiger partial charge on any atom is -0.372 e. The largest absolute Gasteiger partial charge is 0.372 e. The van der Waals surface area contributed by atoms with Gasteiger partial charge in [-0.05, 0) is 18.8 Å². The molecule has 1 saturated carbocycles. The Bertz CT molecular complexity index is 429. The van der Waals surface area contributed by atoms with E-state index in [4.69, 9.17) is 18.9 Å². The third-order valence-electron chi connectivity index (χ3n) is 6.52. The van der Waals surface area contributed by atoms with Crippen molar-refractivity contribution in [2.45, 2.75) is 62.6 Å². The first-order chi connectivity index (χ1) is 12.8. The van der Waals surface area contributed by atoms with E-state index < -0.39 is 0 Å². The van der Waals surface area contributed by atoms with Crippen LogP contribution in [0.25, 0.3) is 0 Å².